The monoisotopic (exact) mass is 474 g/mol. The molecule has 3 rings (SSSR count). The highest BCUT2D eigenvalue weighted by Crippen LogP contribution is 2.25. The zero-order valence-electron chi connectivity index (χ0n) is 16.6. The van der Waals surface area contributed by atoms with E-state index in [1.165, 1.54) is 5.56 Å². The molecule has 0 aliphatic carbocycles. The zero-order valence-corrected chi connectivity index (χ0v) is 19.0. The lowest BCUT2D eigenvalue weighted by Gasteiger charge is -2.08. The molecule has 0 aliphatic rings. The van der Waals surface area contributed by atoms with Crippen molar-refractivity contribution in [3.63, 3.8) is 0 Å². The lowest BCUT2D eigenvalue weighted by atomic mass is 10.2. The molecule has 0 unspecified atom stereocenters. The van der Waals surface area contributed by atoms with Crippen LogP contribution in [0.1, 0.15) is 30.3 Å². The third-order valence-corrected chi connectivity index (χ3v) is 5.70. The molecule has 0 amide bonds. The van der Waals surface area contributed by atoms with Gasteiger partial charge in [-0.1, -0.05) is 46.7 Å². The third kappa shape index (κ3) is 5.61. The lowest BCUT2D eigenvalue weighted by molar-refractivity contribution is 0.402. The smallest absolute Gasteiger partial charge is 0.212 e. The molecular formula is C21H23BrN4O2S. The Balaban J connectivity index is 1.86. The van der Waals surface area contributed by atoms with Crippen LogP contribution < -0.4 is 9.47 Å². The summed E-state index contributed by atoms with van der Waals surface area (Å²) in [7, 11) is 3.28. The number of nitrogens with zero attached hydrogens (tertiary/aromatic N) is 4. The van der Waals surface area contributed by atoms with E-state index < -0.39 is 0 Å². The molecule has 0 atom stereocenters. The van der Waals surface area contributed by atoms with Crippen LogP contribution >= 0.6 is 27.7 Å². The summed E-state index contributed by atoms with van der Waals surface area (Å²) in [6.45, 7) is 2.11. The molecule has 152 valence electrons. The predicted octanol–water partition coefficient (Wildman–Crippen LogP) is 5.18. The fourth-order valence-electron chi connectivity index (χ4n) is 2.67. The predicted molar refractivity (Wildman–Crippen MR) is 120 cm³/mol. The normalized spacial score (nSPS) is 11.2. The Morgan fingerprint density at radius 1 is 1.10 bits per heavy atom. The van der Waals surface area contributed by atoms with Crippen LogP contribution in [0.2, 0.25) is 0 Å². The van der Waals surface area contributed by atoms with E-state index in [1.807, 2.05) is 35.0 Å². The Hall–Kier alpha value is -2.32. The summed E-state index contributed by atoms with van der Waals surface area (Å²) in [5.74, 6) is 3.09. The van der Waals surface area contributed by atoms with Gasteiger partial charge in [0.1, 0.15) is 11.5 Å². The van der Waals surface area contributed by atoms with Crippen LogP contribution in [0.5, 0.6) is 11.5 Å². The molecule has 2 aromatic carbocycles. The largest absolute Gasteiger partial charge is 0.497 e. The molecule has 0 radical (unpaired) electrons. The number of ether oxygens (including phenoxy) is 2. The highest BCUT2D eigenvalue weighted by atomic mass is 79.9. The van der Waals surface area contributed by atoms with Crippen molar-refractivity contribution in [3.8, 4) is 11.5 Å². The number of aryl methyl sites for hydroxylation is 1. The van der Waals surface area contributed by atoms with E-state index in [0.717, 1.165) is 51.1 Å². The van der Waals surface area contributed by atoms with Crippen LogP contribution in [0.4, 0.5) is 0 Å². The average molecular weight is 475 g/mol. The number of hydrogen-bond acceptors (Lipinski definition) is 6. The number of hydrogen-bond donors (Lipinski definition) is 0. The maximum Gasteiger partial charge on any atom is 0.212 e. The van der Waals surface area contributed by atoms with Crippen molar-refractivity contribution in [2.24, 2.45) is 5.10 Å². The number of halogens is 1. The zero-order chi connectivity index (χ0) is 20.6. The van der Waals surface area contributed by atoms with Gasteiger partial charge in [-0.2, -0.15) is 9.78 Å². The van der Waals surface area contributed by atoms with Gasteiger partial charge < -0.3 is 9.47 Å². The molecule has 29 heavy (non-hydrogen) atoms. The molecule has 1 heterocycles. The van der Waals surface area contributed by atoms with Gasteiger partial charge in [0.25, 0.3) is 0 Å². The van der Waals surface area contributed by atoms with E-state index in [2.05, 4.69) is 50.3 Å². The van der Waals surface area contributed by atoms with E-state index >= 15 is 0 Å². The molecule has 0 N–H and O–H groups in total. The van der Waals surface area contributed by atoms with E-state index in [1.54, 1.807) is 32.2 Å². The fraction of sp³-hybridized carbons (Fsp3) is 0.286. The Morgan fingerprint density at radius 2 is 1.90 bits per heavy atom. The van der Waals surface area contributed by atoms with Crippen molar-refractivity contribution in [3.05, 3.63) is 63.9 Å². The first-order valence-electron chi connectivity index (χ1n) is 9.22. The van der Waals surface area contributed by atoms with Gasteiger partial charge in [-0.05, 0) is 42.3 Å². The number of benzene rings is 2. The number of methoxy groups -OCH3 is 2. The number of thioether (sulfide) groups is 1. The van der Waals surface area contributed by atoms with Gasteiger partial charge in [-0.25, -0.2) is 0 Å². The summed E-state index contributed by atoms with van der Waals surface area (Å²) in [6, 6.07) is 13.9. The second-order valence-corrected chi connectivity index (χ2v) is 8.09. The van der Waals surface area contributed by atoms with Gasteiger partial charge in [0.15, 0.2) is 5.82 Å². The minimum Gasteiger partial charge on any atom is -0.497 e. The second kappa shape index (κ2) is 10.5. The number of aromatic nitrogens is 3. The summed E-state index contributed by atoms with van der Waals surface area (Å²) >= 11 is 5.08. The van der Waals surface area contributed by atoms with Crippen molar-refractivity contribution < 1.29 is 9.47 Å². The Kier molecular flexibility index (Phi) is 7.71. The average Bonchev–Trinajstić information content (AvgIpc) is 3.13. The van der Waals surface area contributed by atoms with E-state index in [4.69, 9.17) is 9.47 Å². The fourth-order valence-corrected chi connectivity index (χ4v) is 3.80. The molecule has 6 nitrogen and oxygen atoms in total. The van der Waals surface area contributed by atoms with Crippen LogP contribution in [-0.2, 0) is 12.2 Å². The summed E-state index contributed by atoms with van der Waals surface area (Å²) in [5, 5.41) is 14.1. The minimum atomic E-state index is 0.726. The minimum absolute atomic E-state index is 0.726. The highest BCUT2D eigenvalue weighted by Gasteiger charge is 2.12. The molecule has 8 heteroatoms. The van der Waals surface area contributed by atoms with Crippen LogP contribution in [-0.4, -0.2) is 35.3 Å². The molecule has 0 fully saturated rings. The Labute approximate surface area is 183 Å². The SMILES string of the molecule is CCCc1nnc(SCc2ccc(Br)cc2)n1/N=C\c1cc(OC)ccc1OC. The standard InChI is InChI=1S/C21H23BrN4O2S/c1-4-5-20-24-25-21(29-14-15-6-8-17(22)9-7-15)26(20)23-13-16-12-18(27-2)10-11-19(16)28-3/h6-13H,4-5,14H2,1-3H3/b23-13-. The van der Waals surface area contributed by atoms with Gasteiger partial charge in [-0.15, -0.1) is 10.2 Å². The molecule has 0 aliphatic heterocycles. The van der Waals surface area contributed by atoms with E-state index in [-0.39, 0.29) is 0 Å². The highest BCUT2D eigenvalue weighted by molar-refractivity contribution is 9.10. The molecule has 1 aromatic heterocycles. The van der Waals surface area contributed by atoms with Crippen LogP contribution in [0.25, 0.3) is 0 Å². The van der Waals surface area contributed by atoms with Crippen molar-refractivity contribution in [1.29, 1.82) is 0 Å². The van der Waals surface area contributed by atoms with Gasteiger partial charge >= 0.3 is 0 Å². The molecule has 0 saturated carbocycles. The maximum atomic E-state index is 5.44. The quantitative estimate of drug-likeness (QED) is 0.315. The van der Waals surface area contributed by atoms with E-state index in [9.17, 15) is 0 Å². The second-order valence-electron chi connectivity index (χ2n) is 6.23. The van der Waals surface area contributed by atoms with Crippen molar-refractivity contribution >= 4 is 33.9 Å². The summed E-state index contributed by atoms with van der Waals surface area (Å²) in [4.78, 5) is 0. The van der Waals surface area contributed by atoms with Gasteiger partial charge in [0.2, 0.25) is 5.16 Å². The van der Waals surface area contributed by atoms with Gasteiger partial charge in [-0.3, -0.25) is 0 Å². The van der Waals surface area contributed by atoms with Crippen molar-refractivity contribution in [2.45, 2.75) is 30.7 Å². The first-order valence-corrected chi connectivity index (χ1v) is 11.0. The van der Waals surface area contributed by atoms with Crippen LogP contribution in [0, 0.1) is 0 Å². The first kappa shape index (κ1) is 21.4. The summed E-state index contributed by atoms with van der Waals surface area (Å²) in [5.41, 5.74) is 2.04. The molecule has 3 aromatic rings. The van der Waals surface area contributed by atoms with Crippen molar-refractivity contribution in [1.82, 2.24) is 14.9 Å². The molecule has 0 saturated heterocycles. The summed E-state index contributed by atoms with van der Waals surface area (Å²) in [6.07, 6.45) is 3.53. The molecular weight excluding hydrogens is 452 g/mol. The van der Waals surface area contributed by atoms with Gasteiger partial charge in [0, 0.05) is 22.2 Å². The van der Waals surface area contributed by atoms with Gasteiger partial charge in [0.05, 0.1) is 20.4 Å². The topological polar surface area (TPSA) is 61.5 Å². The van der Waals surface area contributed by atoms with Crippen LogP contribution in [0.3, 0.4) is 0 Å². The van der Waals surface area contributed by atoms with Crippen LogP contribution in [0.15, 0.2) is 57.2 Å². The number of rotatable bonds is 9. The maximum absolute atomic E-state index is 5.44. The third-order valence-electron chi connectivity index (χ3n) is 4.18. The lowest BCUT2D eigenvalue weighted by Crippen LogP contribution is -2.01. The first-order chi connectivity index (χ1) is 14.1. The Morgan fingerprint density at radius 3 is 2.59 bits per heavy atom. The van der Waals surface area contributed by atoms with E-state index in [0.29, 0.717) is 0 Å². The van der Waals surface area contributed by atoms with Crippen molar-refractivity contribution in [2.75, 3.05) is 14.2 Å². The Bertz CT molecular complexity index is 973. The summed E-state index contributed by atoms with van der Waals surface area (Å²) < 4.78 is 13.6. The molecule has 0 spiro atoms. The molecule has 0 bridgehead atoms.